The Bertz CT molecular complexity index is 362. The molecular weight excluding hydrogens is 256 g/mol. The van der Waals surface area contributed by atoms with Crippen LogP contribution in [0.1, 0.15) is 19.8 Å². The van der Waals surface area contributed by atoms with Crippen molar-refractivity contribution in [2.45, 2.75) is 19.8 Å². The number of anilines is 2. The zero-order valence-electron chi connectivity index (χ0n) is 8.97. The average molecular weight is 271 g/mol. The monoisotopic (exact) mass is 270 g/mol. The van der Waals surface area contributed by atoms with E-state index in [-0.39, 0.29) is 0 Å². The quantitative estimate of drug-likeness (QED) is 0.883. The summed E-state index contributed by atoms with van der Waals surface area (Å²) in [6, 6.07) is 0. The fourth-order valence-electron chi connectivity index (χ4n) is 1.30. The lowest BCUT2D eigenvalue weighted by atomic mass is 10.1. The lowest BCUT2D eigenvalue weighted by Gasteiger charge is -2.12. The maximum atomic E-state index is 4.34. The lowest BCUT2D eigenvalue weighted by Crippen LogP contribution is -2.13. The number of hydrogen-bond donors (Lipinski definition) is 2. The van der Waals surface area contributed by atoms with Gasteiger partial charge < -0.3 is 10.6 Å². The van der Waals surface area contributed by atoms with E-state index in [1.807, 2.05) is 7.05 Å². The van der Waals surface area contributed by atoms with E-state index in [0.717, 1.165) is 16.8 Å². The molecule has 4 nitrogen and oxygen atoms in total. The molecule has 2 rings (SSSR count). The normalized spacial score (nSPS) is 17.3. The van der Waals surface area contributed by atoms with E-state index < -0.39 is 0 Å². The molecular formula is C10H15BrN4. The first-order valence-corrected chi connectivity index (χ1v) is 5.86. The van der Waals surface area contributed by atoms with Crippen molar-refractivity contribution in [3.05, 3.63) is 10.7 Å². The van der Waals surface area contributed by atoms with Crippen LogP contribution in [0.25, 0.3) is 0 Å². The van der Waals surface area contributed by atoms with Gasteiger partial charge in [0.05, 0.1) is 4.47 Å². The number of rotatable bonds is 4. The van der Waals surface area contributed by atoms with Crippen molar-refractivity contribution in [1.82, 2.24) is 9.97 Å². The Morgan fingerprint density at radius 1 is 1.53 bits per heavy atom. The van der Waals surface area contributed by atoms with Crippen molar-refractivity contribution in [1.29, 1.82) is 0 Å². The molecule has 0 spiro atoms. The molecule has 0 aromatic carbocycles. The summed E-state index contributed by atoms with van der Waals surface area (Å²) < 4.78 is 0.908. The fraction of sp³-hybridized carbons (Fsp3) is 0.600. The molecule has 0 radical (unpaired) electrons. The Hall–Kier alpha value is -0.840. The highest BCUT2D eigenvalue weighted by molar-refractivity contribution is 9.10. The molecule has 1 aliphatic carbocycles. The van der Waals surface area contributed by atoms with Crippen molar-refractivity contribution in [3.63, 3.8) is 0 Å². The van der Waals surface area contributed by atoms with Crippen LogP contribution in [0.2, 0.25) is 0 Å². The van der Waals surface area contributed by atoms with E-state index in [1.165, 1.54) is 12.8 Å². The molecule has 2 N–H and O–H groups in total. The Morgan fingerprint density at radius 2 is 2.27 bits per heavy atom. The first-order valence-electron chi connectivity index (χ1n) is 5.07. The third-order valence-corrected chi connectivity index (χ3v) is 3.33. The van der Waals surface area contributed by atoms with Crippen molar-refractivity contribution in [2.24, 2.45) is 5.41 Å². The SMILES string of the molecule is CNc1ncc(Br)c(NCC2(C)CC2)n1. The number of halogens is 1. The van der Waals surface area contributed by atoms with E-state index in [9.17, 15) is 0 Å². The molecule has 5 heteroatoms. The molecule has 1 heterocycles. The molecule has 1 aliphatic rings. The van der Waals surface area contributed by atoms with Gasteiger partial charge in [0.25, 0.3) is 0 Å². The Kier molecular flexibility index (Phi) is 2.82. The Balaban J connectivity index is 2.05. The van der Waals surface area contributed by atoms with Crippen molar-refractivity contribution in [2.75, 3.05) is 24.2 Å². The highest BCUT2D eigenvalue weighted by Crippen LogP contribution is 2.44. The van der Waals surface area contributed by atoms with Gasteiger partial charge in [-0.15, -0.1) is 0 Å². The van der Waals surface area contributed by atoms with Gasteiger partial charge in [-0.25, -0.2) is 4.98 Å². The lowest BCUT2D eigenvalue weighted by molar-refractivity contribution is 0.609. The molecule has 0 amide bonds. The largest absolute Gasteiger partial charge is 0.368 e. The van der Waals surface area contributed by atoms with Crippen LogP contribution in [-0.2, 0) is 0 Å². The Morgan fingerprint density at radius 3 is 2.87 bits per heavy atom. The minimum Gasteiger partial charge on any atom is -0.368 e. The Labute approximate surface area is 98.0 Å². The molecule has 0 bridgehead atoms. The first-order chi connectivity index (χ1) is 7.13. The fourth-order valence-corrected chi connectivity index (χ4v) is 1.63. The number of hydrogen-bond acceptors (Lipinski definition) is 4. The molecule has 82 valence electrons. The van der Waals surface area contributed by atoms with E-state index in [0.29, 0.717) is 11.4 Å². The highest BCUT2D eigenvalue weighted by Gasteiger charge is 2.36. The van der Waals surface area contributed by atoms with Crippen LogP contribution < -0.4 is 10.6 Å². The molecule has 1 fully saturated rings. The first kappa shape index (κ1) is 10.7. The molecule has 1 aromatic rings. The van der Waals surface area contributed by atoms with Crippen LogP contribution in [0.3, 0.4) is 0 Å². The summed E-state index contributed by atoms with van der Waals surface area (Å²) in [5.74, 6) is 1.50. The smallest absolute Gasteiger partial charge is 0.224 e. The van der Waals surface area contributed by atoms with E-state index in [2.05, 4.69) is 43.5 Å². The maximum absolute atomic E-state index is 4.34. The van der Waals surface area contributed by atoms with Gasteiger partial charge in [-0.05, 0) is 34.2 Å². The molecule has 0 saturated heterocycles. The van der Waals surface area contributed by atoms with Crippen LogP contribution in [0.4, 0.5) is 11.8 Å². The highest BCUT2D eigenvalue weighted by atomic mass is 79.9. The van der Waals surface area contributed by atoms with Crippen LogP contribution in [0, 0.1) is 5.41 Å². The standard InChI is InChI=1S/C10H15BrN4/c1-10(3-4-10)6-14-8-7(11)5-13-9(12-2)15-8/h5H,3-4,6H2,1-2H3,(H2,12,13,14,15). The van der Waals surface area contributed by atoms with Crippen LogP contribution in [-0.4, -0.2) is 23.6 Å². The number of nitrogens with zero attached hydrogens (tertiary/aromatic N) is 2. The van der Waals surface area contributed by atoms with Gasteiger partial charge >= 0.3 is 0 Å². The molecule has 15 heavy (non-hydrogen) atoms. The van der Waals surface area contributed by atoms with Crippen LogP contribution >= 0.6 is 15.9 Å². The van der Waals surface area contributed by atoms with Crippen LogP contribution in [0.5, 0.6) is 0 Å². The molecule has 1 saturated carbocycles. The summed E-state index contributed by atoms with van der Waals surface area (Å²) in [5, 5.41) is 6.28. The van der Waals surface area contributed by atoms with E-state index in [1.54, 1.807) is 6.20 Å². The molecule has 1 aromatic heterocycles. The van der Waals surface area contributed by atoms with Gasteiger partial charge in [0.15, 0.2) is 0 Å². The van der Waals surface area contributed by atoms with E-state index in [4.69, 9.17) is 0 Å². The predicted octanol–water partition coefficient (Wildman–Crippen LogP) is 2.49. The molecule has 0 aliphatic heterocycles. The van der Waals surface area contributed by atoms with Gasteiger partial charge in [0.2, 0.25) is 5.95 Å². The van der Waals surface area contributed by atoms with Crippen molar-refractivity contribution < 1.29 is 0 Å². The van der Waals surface area contributed by atoms with Gasteiger partial charge in [-0.3, -0.25) is 0 Å². The second-order valence-corrected chi connectivity index (χ2v) is 5.16. The van der Waals surface area contributed by atoms with Crippen molar-refractivity contribution in [3.8, 4) is 0 Å². The summed E-state index contributed by atoms with van der Waals surface area (Å²) in [6.07, 6.45) is 4.37. The minimum atomic E-state index is 0.476. The topological polar surface area (TPSA) is 49.8 Å². The number of aromatic nitrogens is 2. The van der Waals surface area contributed by atoms with Crippen molar-refractivity contribution >= 4 is 27.7 Å². The summed E-state index contributed by atoms with van der Waals surface area (Å²) >= 11 is 3.43. The maximum Gasteiger partial charge on any atom is 0.224 e. The zero-order valence-corrected chi connectivity index (χ0v) is 10.6. The van der Waals surface area contributed by atoms with Gasteiger partial charge in [0, 0.05) is 19.8 Å². The summed E-state index contributed by atoms with van der Waals surface area (Å²) in [5.41, 5.74) is 0.476. The van der Waals surface area contributed by atoms with Gasteiger partial charge in [0.1, 0.15) is 5.82 Å². The minimum absolute atomic E-state index is 0.476. The average Bonchev–Trinajstić information content (AvgIpc) is 2.96. The third kappa shape index (κ3) is 2.59. The second kappa shape index (κ2) is 3.96. The van der Waals surface area contributed by atoms with Gasteiger partial charge in [-0.1, -0.05) is 6.92 Å². The van der Waals surface area contributed by atoms with E-state index >= 15 is 0 Å². The summed E-state index contributed by atoms with van der Waals surface area (Å²) in [4.78, 5) is 8.45. The van der Waals surface area contributed by atoms with Crippen LogP contribution in [0.15, 0.2) is 10.7 Å². The number of nitrogens with one attached hydrogen (secondary N) is 2. The molecule has 0 atom stereocenters. The van der Waals surface area contributed by atoms with Gasteiger partial charge in [-0.2, -0.15) is 4.98 Å². The molecule has 0 unspecified atom stereocenters. The zero-order chi connectivity index (χ0) is 10.9. The second-order valence-electron chi connectivity index (χ2n) is 4.30. The summed E-state index contributed by atoms with van der Waals surface area (Å²) in [7, 11) is 1.81. The summed E-state index contributed by atoms with van der Waals surface area (Å²) in [6.45, 7) is 3.26. The predicted molar refractivity (Wildman–Crippen MR) is 65.1 cm³/mol. The third-order valence-electron chi connectivity index (χ3n) is 2.75.